The highest BCUT2D eigenvalue weighted by molar-refractivity contribution is 6.32. The van der Waals surface area contributed by atoms with E-state index in [2.05, 4.69) is 46.9 Å². The number of aromatic nitrogens is 2. The van der Waals surface area contributed by atoms with E-state index >= 15 is 0 Å². The molecule has 194 valence electrons. The van der Waals surface area contributed by atoms with Crippen molar-refractivity contribution >= 4 is 29.2 Å². The highest BCUT2D eigenvalue weighted by Gasteiger charge is 2.24. The molecule has 2 aromatic rings. The fraction of sp³-hybridized carbons (Fsp3) is 0.607. The zero-order valence-electron chi connectivity index (χ0n) is 22.4. The van der Waals surface area contributed by atoms with Crippen LogP contribution in [-0.4, -0.2) is 39.6 Å². The van der Waals surface area contributed by atoms with Gasteiger partial charge in [-0.05, 0) is 24.5 Å². The van der Waals surface area contributed by atoms with Crippen LogP contribution in [0.4, 0.5) is 5.82 Å². The smallest absolute Gasteiger partial charge is 0.245 e. The number of carbonyl (C=O) groups is 2. The van der Waals surface area contributed by atoms with E-state index in [4.69, 9.17) is 16.7 Å². The third-order valence-corrected chi connectivity index (χ3v) is 6.16. The minimum absolute atomic E-state index is 0.0192. The lowest BCUT2D eigenvalue weighted by atomic mass is 9.92. The zero-order chi connectivity index (χ0) is 26.0. The number of unbranched alkanes of at least 4 members (excludes halogenated alkanes) is 5. The fourth-order valence-electron chi connectivity index (χ4n) is 3.91. The standard InChI is InChI=1S/C28H43ClN4O2/c1-7-8-9-10-11-12-17-27(35)32(19-21(2)3)20-26(34)30-25-18-24(28(4,5)6)31-33(25)23-16-14-13-15-22(23)29/h13-16,18,21H,7-12,17,19-20H2,1-6H3,(H,30,34). The normalized spacial score (nSPS) is 11.7. The molecule has 0 unspecified atom stereocenters. The van der Waals surface area contributed by atoms with Gasteiger partial charge in [0.2, 0.25) is 11.8 Å². The second-order valence-corrected chi connectivity index (χ2v) is 11.2. The van der Waals surface area contributed by atoms with Crippen LogP contribution in [0.1, 0.15) is 92.2 Å². The van der Waals surface area contributed by atoms with Gasteiger partial charge in [0.1, 0.15) is 5.82 Å². The van der Waals surface area contributed by atoms with Gasteiger partial charge in [-0.2, -0.15) is 5.10 Å². The Morgan fingerprint density at radius 2 is 1.74 bits per heavy atom. The van der Waals surface area contributed by atoms with Crippen LogP contribution >= 0.6 is 11.6 Å². The molecule has 0 saturated carbocycles. The molecule has 0 aliphatic carbocycles. The van der Waals surface area contributed by atoms with Crippen LogP contribution in [0.3, 0.4) is 0 Å². The topological polar surface area (TPSA) is 67.2 Å². The van der Waals surface area contributed by atoms with Gasteiger partial charge in [-0.15, -0.1) is 0 Å². The van der Waals surface area contributed by atoms with Crippen molar-refractivity contribution in [3.63, 3.8) is 0 Å². The Morgan fingerprint density at radius 3 is 2.37 bits per heavy atom. The van der Waals surface area contributed by atoms with Gasteiger partial charge in [0.25, 0.3) is 0 Å². The maximum absolute atomic E-state index is 13.1. The minimum Gasteiger partial charge on any atom is -0.333 e. The molecular weight excluding hydrogens is 460 g/mol. The molecule has 0 radical (unpaired) electrons. The van der Waals surface area contributed by atoms with Crippen molar-refractivity contribution in [1.29, 1.82) is 0 Å². The second-order valence-electron chi connectivity index (χ2n) is 10.8. The van der Waals surface area contributed by atoms with Crippen LogP contribution in [0.15, 0.2) is 30.3 Å². The third-order valence-electron chi connectivity index (χ3n) is 5.84. The lowest BCUT2D eigenvalue weighted by molar-refractivity contribution is -0.135. The van der Waals surface area contributed by atoms with Crippen molar-refractivity contribution in [2.45, 2.75) is 91.9 Å². The minimum atomic E-state index is -0.240. The van der Waals surface area contributed by atoms with Crippen LogP contribution in [0.2, 0.25) is 5.02 Å². The van der Waals surface area contributed by atoms with E-state index in [0.29, 0.717) is 29.5 Å². The van der Waals surface area contributed by atoms with Crippen molar-refractivity contribution < 1.29 is 9.59 Å². The lowest BCUT2D eigenvalue weighted by Crippen LogP contribution is -2.40. The summed E-state index contributed by atoms with van der Waals surface area (Å²) in [6, 6.07) is 9.29. The number of nitrogens with zero attached hydrogens (tertiary/aromatic N) is 3. The van der Waals surface area contributed by atoms with Gasteiger partial charge < -0.3 is 10.2 Å². The molecule has 0 saturated heterocycles. The van der Waals surface area contributed by atoms with Crippen molar-refractivity contribution in [1.82, 2.24) is 14.7 Å². The summed E-state index contributed by atoms with van der Waals surface area (Å²) < 4.78 is 1.67. The molecule has 1 aromatic heterocycles. The Bertz CT molecular complexity index is 962. The fourth-order valence-corrected chi connectivity index (χ4v) is 4.13. The number of para-hydroxylation sites is 1. The van der Waals surface area contributed by atoms with E-state index in [-0.39, 0.29) is 29.7 Å². The summed E-state index contributed by atoms with van der Waals surface area (Å²) in [5.74, 6) is 0.619. The van der Waals surface area contributed by atoms with Crippen LogP contribution in [0.25, 0.3) is 5.69 Å². The first-order valence-corrected chi connectivity index (χ1v) is 13.3. The summed E-state index contributed by atoms with van der Waals surface area (Å²) in [6.45, 7) is 13.1. The Hall–Kier alpha value is -2.34. The molecule has 2 amide bonds. The average molecular weight is 503 g/mol. The molecule has 7 heteroatoms. The van der Waals surface area contributed by atoms with Crippen molar-refractivity contribution in [2.75, 3.05) is 18.4 Å². The number of nitrogens with one attached hydrogen (secondary N) is 1. The molecule has 1 aromatic carbocycles. The molecule has 0 bridgehead atoms. The first-order valence-electron chi connectivity index (χ1n) is 13.0. The quantitative estimate of drug-likeness (QED) is 0.300. The van der Waals surface area contributed by atoms with Crippen molar-refractivity contribution in [3.8, 4) is 5.69 Å². The van der Waals surface area contributed by atoms with Gasteiger partial charge >= 0.3 is 0 Å². The maximum Gasteiger partial charge on any atom is 0.245 e. The molecule has 35 heavy (non-hydrogen) atoms. The molecule has 0 spiro atoms. The molecule has 0 aliphatic rings. The SMILES string of the molecule is CCCCCCCCC(=O)N(CC(=O)Nc1cc(C(C)(C)C)nn1-c1ccccc1Cl)CC(C)C. The van der Waals surface area contributed by atoms with Crippen molar-refractivity contribution in [3.05, 3.63) is 41.0 Å². The Kier molecular flexibility index (Phi) is 11.3. The van der Waals surface area contributed by atoms with Crippen LogP contribution in [-0.2, 0) is 15.0 Å². The number of benzene rings is 1. The first kappa shape index (κ1) is 28.9. The van der Waals surface area contributed by atoms with E-state index < -0.39 is 0 Å². The maximum atomic E-state index is 13.1. The van der Waals surface area contributed by atoms with E-state index in [1.54, 1.807) is 15.6 Å². The molecule has 0 atom stereocenters. The van der Waals surface area contributed by atoms with Gasteiger partial charge in [0.15, 0.2) is 0 Å². The van der Waals surface area contributed by atoms with Crippen molar-refractivity contribution in [2.24, 2.45) is 5.92 Å². The largest absolute Gasteiger partial charge is 0.333 e. The Labute approximate surface area is 216 Å². The molecule has 2 rings (SSSR count). The lowest BCUT2D eigenvalue weighted by Gasteiger charge is -2.24. The monoisotopic (exact) mass is 502 g/mol. The Balaban J connectivity index is 2.13. The molecule has 6 nitrogen and oxygen atoms in total. The van der Waals surface area contributed by atoms with E-state index in [9.17, 15) is 9.59 Å². The highest BCUT2D eigenvalue weighted by atomic mass is 35.5. The summed E-state index contributed by atoms with van der Waals surface area (Å²) in [5, 5.41) is 8.27. The Morgan fingerprint density at radius 1 is 1.09 bits per heavy atom. The van der Waals surface area contributed by atoms with Crippen LogP contribution < -0.4 is 5.32 Å². The molecule has 0 fully saturated rings. The zero-order valence-corrected chi connectivity index (χ0v) is 23.1. The summed E-state index contributed by atoms with van der Waals surface area (Å²) in [6.07, 6.45) is 7.25. The number of hydrogen-bond donors (Lipinski definition) is 1. The number of carbonyl (C=O) groups excluding carboxylic acids is 2. The average Bonchev–Trinajstić information content (AvgIpc) is 3.19. The summed E-state index contributed by atoms with van der Waals surface area (Å²) in [5.41, 5.74) is 1.33. The number of halogens is 1. The number of hydrogen-bond acceptors (Lipinski definition) is 3. The second kappa shape index (κ2) is 13.7. The van der Waals surface area contributed by atoms with Gasteiger partial charge in [0.05, 0.1) is 22.9 Å². The predicted molar refractivity (Wildman–Crippen MR) is 145 cm³/mol. The number of rotatable bonds is 13. The van der Waals surface area contributed by atoms with Gasteiger partial charge in [-0.3, -0.25) is 9.59 Å². The highest BCUT2D eigenvalue weighted by Crippen LogP contribution is 2.29. The molecule has 1 heterocycles. The summed E-state index contributed by atoms with van der Waals surface area (Å²) in [7, 11) is 0. The van der Waals surface area contributed by atoms with E-state index in [1.807, 2.05) is 24.3 Å². The molecule has 0 aliphatic heterocycles. The van der Waals surface area contributed by atoms with Gasteiger partial charge in [0, 0.05) is 24.4 Å². The number of anilines is 1. The van der Waals surface area contributed by atoms with Gasteiger partial charge in [-0.25, -0.2) is 4.68 Å². The molecular formula is C28H43ClN4O2. The van der Waals surface area contributed by atoms with E-state index in [0.717, 1.165) is 25.0 Å². The predicted octanol–water partition coefficient (Wildman–Crippen LogP) is 7.00. The molecule has 1 N–H and O–H groups in total. The van der Waals surface area contributed by atoms with Crippen LogP contribution in [0.5, 0.6) is 0 Å². The third kappa shape index (κ3) is 9.32. The summed E-state index contributed by atoms with van der Waals surface area (Å²) in [4.78, 5) is 27.7. The van der Waals surface area contributed by atoms with Crippen LogP contribution in [0, 0.1) is 5.92 Å². The first-order chi connectivity index (χ1) is 16.5. The summed E-state index contributed by atoms with van der Waals surface area (Å²) >= 11 is 6.44. The van der Waals surface area contributed by atoms with Gasteiger partial charge in [-0.1, -0.05) is 97.4 Å². The number of amides is 2. The van der Waals surface area contributed by atoms with E-state index in [1.165, 1.54) is 19.3 Å².